The first-order valence-corrected chi connectivity index (χ1v) is 13.2. The highest BCUT2D eigenvalue weighted by molar-refractivity contribution is 7.92. The van der Waals surface area contributed by atoms with Crippen LogP contribution in [0, 0.1) is 6.92 Å². The highest BCUT2D eigenvalue weighted by atomic mass is 32.2. The summed E-state index contributed by atoms with van der Waals surface area (Å²) in [6.07, 6.45) is 3.00. The van der Waals surface area contributed by atoms with Gasteiger partial charge in [-0.25, -0.2) is 8.42 Å². The third kappa shape index (κ3) is 4.42. The second-order valence-electron chi connectivity index (χ2n) is 10.7. The largest absolute Gasteiger partial charge is 0.481 e. The Balaban J connectivity index is 1.99. The monoisotopic (exact) mass is 471 g/mol. The van der Waals surface area contributed by atoms with Crippen molar-refractivity contribution in [3.05, 3.63) is 58.7 Å². The van der Waals surface area contributed by atoms with Gasteiger partial charge in [0, 0.05) is 5.69 Å². The van der Waals surface area contributed by atoms with E-state index in [9.17, 15) is 18.3 Å². The fourth-order valence-corrected chi connectivity index (χ4v) is 6.46. The quantitative estimate of drug-likeness (QED) is 0.497. The minimum absolute atomic E-state index is 0.0103. The van der Waals surface area contributed by atoms with Crippen LogP contribution in [0.1, 0.15) is 89.5 Å². The first-order valence-electron chi connectivity index (χ1n) is 11.7. The molecule has 0 atom stereocenters. The Labute approximate surface area is 198 Å². The van der Waals surface area contributed by atoms with Crippen LogP contribution in [0.15, 0.2) is 41.3 Å². The number of carboxylic acids is 1. The normalized spacial score (nSPS) is 17.3. The lowest BCUT2D eigenvalue weighted by Gasteiger charge is -2.42. The molecule has 3 rings (SSSR count). The Morgan fingerprint density at radius 3 is 1.91 bits per heavy atom. The molecule has 6 heteroatoms. The number of sulfonamides is 1. The molecule has 0 saturated carbocycles. The Morgan fingerprint density at radius 2 is 1.45 bits per heavy atom. The molecule has 0 radical (unpaired) electrons. The zero-order valence-electron chi connectivity index (χ0n) is 20.9. The minimum atomic E-state index is -3.81. The third-order valence-electron chi connectivity index (χ3n) is 7.74. The standard InChI is InChI=1S/C27H37NO4S/c1-8-27(9-2,24(29)30)19-10-12-20(13-11-19)28-33(31,32)23-17-22-21(16-18(23)3)25(4,5)14-15-26(22,6)7/h10-13,16-17,28H,8-9,14-15H2,1-7H3,(H,29,30). The summed E-state index contributed by atoms with van der Waals surface area (Å²) in [6, 6.07) is 10.6. The predicted molar refractivity (Wildman–Crippen MR) is 134 cm³/mol. The summed E-state index contributed by atoms with van der Waals surface area (Å²) < 4.78 is 29.5. The molecule has 0 amide bonds. The van der Waals surface area contributed by atoms with Gasteiger partial charge in [0.1, 0.15) is 0 Å². The second kappa shape index (κ2) is 8.46. The van der Waals surface area contributed by atoms with Crippen molar-refractivity contribution in [1.29, 1.82) is 0 Å². The van der Waals surface area contributed by atoms with Crippen LogP contribution in [0.5, 0.6) is 0 Å². The number of nitrogens with one attached hydrogen (secondary N) is 1. The van der Waals surface area contributed by atoms with Crippen LogP contribution < -0.4 is 4.72 Å². The van der Waals surface area contributed by atoms with E-state index in [4.69, 9.17) is 0 Å². The predicted octanol–water partition coefficient (Wildman–Crippen LogP) is 6.29. The van der Waals surface area contributed by atoms with Gasteiger partial charge in [-0.2, -0.15) is 0 Å². The lowest BCUT2D eigenvalue weighted by Crippen LogP contribution is -2.34. The maximum absolute atomic E-state index is 13.4. The SMILES string of the molecule is CCC(CC)(C(=O)O)c1ccc(NS(=O)(=O)c2cc3c(cc2C)C(C)(C)CCC3(C)C)cc1. The molecule has 0 aliphatic heterocycles. The molecule has 0 aromatic heterocycles. The van der Waals surface area contributed by atoms with Gasteiger partial charge in [-0.1, -0.05) is 59.7 Å². The van der Waals surface area contributed by atoms with Crippen LogP contribution in [0.4, 0.5) is 5.69 Å². The van der Waals surface area contributed by atoms with Crippen molar-refractivity contribution in [2.75, 3.05) is 4.72 Å². The summed E-state index contributed by atoms with van der Waals surface area (Å²) in [5, 5.41) is 9.78. The molecule has 33 heavy (non-hydrogen) atoms. The Kier molecular flexibility index (Phi) is 6.48. The van der Waals surface area contributed by atoms with E-state index in [1.165, 1.54) is 5.56 Å². The number of aliphatic carboxylic acids is 1. The van der Waals surface area contributed by atoms with Gasteiger partial charge >= 0.3 is 5.97 Å². The van der Waals surface area contributed by atoms with Crippen molar-refractivity contribution in [3.63, 3.8) is 0 Å². The lowest BCUT2D eigenvalue weighted by atomic mass is 9.63. The average molecular weight is 472 g/mol. The molecule has 5 nitrogen and oxygen atoms in total. The van der Waals surface area contributed by atoms with Crippen molar-refractivity contribution in [2.24, 2.45) is 0 Å². The fraction of sp³-hybridized carbons (Fsp3) is 0.519. The topological polar surface area (TPSA) is 83.5 Å². The average Bonchev–Trinajstić information content (AvgIpc) is 2.73. The summed E-state index contributed by atoms with van der Waals surface area (Å²) in [6.45, 7) is 14.4. The molecule has 0 fully saturated rings. The zero-order chi connectivity index (χ0) is 24.8. The molecule has 1 aliphatic rings. The maximum atomic E-state index is 13.4. The first kappa shape index (κ1) is 25.3. The first-order chi connectivity index (χ1) is 15.2. The van der Waals surface area contributed by atoms with Crippen molar-refractivity contribution in [3.8, 4) is 0 Å². The van der Waals surface area contributed by atoms with Crippen LogP contribution in [-0.4, -0.2) is 19.5 Å². The van der Waals surface area contributed by atoms with Crippen molar-refractivity contribution >= 4 is 21.7 Å². The van der Waals surface area contributed by atoms with E-state index in [1.807, 2.05) is 32.9 Å². The van der Waals surface area contributed by atoms with E-state index < -0.39 is 21.4 Å². The fourth-order valence-electron chi connectivity index (χ4n) is 5.14. The summed E-state index contributed by atoms with van der Waals surface area (Å²) in [5.74, 6) is -0.865. The second-order valence-corrected chi connectivity index (χ2v) is 12.4. The molecule has 2 aromatic rings. The lowest BCUT2D eigenvalue weighted by molar-refractivity contribution is -0.144. The Bertz CT molecular complexity index is 1160. The summed E-state index contributed by atoms with van der Waals surface area (Å²) in [7, 11) is -3.81. The van der Waals surface area contributed by atoms with Gasteiger partial charge in [-0.05, 0) is 83.9 Å². The van der Waals surface area contributed by atoms with E-state index in [2.05, 4.69) is 32.4 Å². The number of aryl methyl sites for hydroxylation is 1. The van der Waals surface area contributed by atoms with Crippen molar-refractivity contribution in [1.82, 2.24) is 0 Å². The number of fused-ring (bicyclic) bond motifs is 1. The van der Waals surface area contributed by atoms with Crippen LogP contribution >= 0.6 is 0 Å². The van der Waals surface area contributed by atoms with Crippen molar-refractivity contribution in [2.45, 2.75) is 95.3 Å². The van der Waals surface area contributed by atoms with E-state index in [0.29, 0.717) is 24.1 Å². The highest BCUT2D eigenvalue weighted by Gasteiger charge is 2.39. The molecule has 1 aliphatic carbocycles. The molecule has 0 heterocycles. The molecule has 0 spiro atoms. The summed E-state index contributed by atoms with van der Waals surface area (Å²) in [5.41, 5.74) is 3.09. The maximum Gasteiger partial charge on any atom is 0.314 e. The van der Waals surface area contributed by atoms with Crippen LogP contribution in [0.2, 0.25) is 0 Å². The Morgan fingerprint density at radius 1 is 0.970 bits per heavy atom. The van der Waals surface area contributed by atoms with Gasteiger partial charge in [0.2, 0.25) is 0 Å². The molecule has 2 N–H and O–H groups in total. The zero-order valence-corrected chi connectivity index (χ0v) is 21.7. The highest BCUT2D eigenvalue weighted by Crippen LogP contribution is 2.47. The molecule has 0 saturated heterocycles. The smallest absolute Gasteiger partial charge is 0.314 e. The Hall–Kier alpha value is -2.34. The van der Waals surface area contributed by atoms with Crippen LogP contribution in [0.25, 0.3) is 0 Å². The molecule has 180 valence electrons. The number of rotatable bonds is 7. The molecule has 0 bridgehead atoms. The number of benzene rings is 2. The number of hydrogen-bond donors (Lipinski definition) is 2. The van der Waals surface area contributed by atoms with E-state index in [0.717, 1.165) is 24.0 Å². The van der Waals surface area contributed by atoms with E-state index in [-0.39, 0.29) is 15.7 Å². The molecular weight excluding hydrogens is 434 g/mol. The van der Waals surface area contributed by atoms with Crippen LogP contribution in [0.3, 0.4) is 0 Å². The molecular formula is C27H37NO4S. The number of carbonyl (C=O) groups is 1. The number of anilines is 1. The summed E-state index contributed by atoms with van der Waals surface area (Å²) in [4.78, 5) is 12.2. The minimum Gasteiger partial charge on any atom is -0.481 e. The van der Waals surface area contributed by atoms with Gasteiger partial charge in [0.15, 0.2) is 0 Å². The third-order valence-corrected chi connectivity index (χ3v) is 9.27. The van der Waals surface area contributed by atoms with Gasteiger partial charge in [-0.3, -0.25) is 9.52 Å². The van der Waals surface area contributed by atoms with Gasteiger partial charge in [-0.15, -0.1) is 0 Å². The van der Waals surface area contributed by atoms with Gasteiger partial charge in [0.05, 0.1) is 10.3 Å². The van der Waals surface area contributed by atoms with Crippen LogP contribution in [-0.2, 0) is 31.1 Å². The van der Waals surface area contributed by atoms with E-state index in [1.54, 1.807) is 24.3 Å². The molecule has 0 unspecified atom stereocenters. The summed E-state index contributed by atoms with van der Waals surface area (Å²) >= 11 is 0. The van der Waals surface area contributed by atoms with E-state index >= 15 is 0 Å². The van der Waals surface area contributed by atoms with Gasteiger partial charge < -0.3 is 5.11 Å². The number of hydrogen-bond acceptors (Lipinski definition) is 3. The van der Waals surface area contributed by atoms with Gasteiger partial charge in [0.25, 0.3) is 10.0 Å². The molecule has 2 aromatic carbocycles. The van der Waals surface area contributed by atoms with Crippen molar-refractivity contribution < 1.29 is 18.3 Å². The number of carboxylic acid groups (broad SMARTS) is 1.